The van der Waals surface area contributed by atoms with E-state index in [1.165, 1.54) is 6.42 Å². The number of para-hydroxylation sites is 1. The molecular weight excluding hydrogens is 314 g/mol. The van der Waals surface area contributed by atoms with Crippen molar-refractivity contribution in [3.8, 4) is 0 Å². The Morgan fingerprint density at radius 2 is 2.20 bits per heavy atom. The molecule has 5 heteroatoms. The molecule has 2 N–H and O–H groups in total. The van der Waals surface area contributed by atoms with Crippen LogP contribution in [0.1, 0.15) is 40.9 Å². The first-order valence-electron chi connectivity index (χ1n) is 9.10. The van der Waals surface area contributed by atoms with E-state index in [4.69, 9.17) is 0 Å². The first kappa shape index (κ1) is 17.8. The summed E-state index contributed by atoms with van der Waals surface area (Å²) in [6.45, 7) is 6.49. The van der Waals surface area contributed by atoms with Crippen LogP contribution in [0.25, 0.3) is 10.9 Å². The minimum absolute atomic E-state index is 0.0568. The van der Waals surface area contributed by atoms with Gasteiger partial charge in [0.05, 0.1) is 17.7 Å². The van der Waals surface area contributed by atoms with Crippen molar-refractivity contribution in [1.82, 2.24) is 15.2 Å². The van der Waals surface area contributed by atoms with Gasteiger partial charge in [0.1, 0.15) is 0 Å². The van der Waals surface area contributed by atoms with Crippen LogP contribution >= 0.6 is 0 Å². The number of hydrogen-bond donors (Lipinski definition) is 2. The average molecular weight is 341 g/mol. The highest BCUT2D eigenvalue weighted by Crippen LogP contribution is 2.21. The molecule has 1 aliphatic rings. The van der Waals surface area contributed by atoms with Gasteiger partial charge in [0.2, 0.25) is 0 Å². The molecule has 1 saturated heterocycles. The van der Waals surface area contributed by atoms with Crippen LogP contribution in [0.15, 0.2) is 24.3 Å². The number of aromatic nitrogens is 1. The van der Waals surface area contributed by atoms with Gasteiger partial charge in [-0.2, -0.15) is 0 Å². The zero-order valence-electron chi connectivity index (χ0n) is 15.1. The number of pyridine rings is 1. The normalized spacial score (nSPS) is 18.4. The second-order valence-electron chi connectivity index (χ2n) is 6.91. The van der Waals surface area contributed by atoms with Crippen LogP contribution in [-0.2, 0) is 0 Å². The lowest BCUT2D eigenvalue weighted by atomic mass is 10.0. The van der Waals surface area contributed by atoms with Crippen molar-refractivity contribution in [2.75, 3.05) is 26.2 Å². The number of hydrogen-bond acceptors (Lipinski definition) is 4. The van der Waals surface area contributed by atoms with Gasteiger partial charge in [-0.15, -0.1) is 0 Å². The van der Waals surface area contributed by atoms with E-state index in [0.29, 0.717) is 12.1 Å². The van der Waals surface area contributed by atoms with Crippen LogP contribution in [-0.4, -0.2) is 53.2 Å². The lowest BCUT2D eigenvalue weighted by molar-refractivity contribution is 0.0850. The Labute approximate surface area is 149 Å². The number of rotatable bonds is 5. The molecule has 3 rings (SSSR count). The molecule has 0 spiro atoms. The summed E-state index contributed by atoms with van der Waals surface area (Å²) in [5.74, 6) is -0.0568. The highest BCUT2D eigenvalue weighted by atomic mass is 16.3. The van der Waals surface area contributed by atoms with Crippen LogP contribution in [0.4, 0.5) is 0 Å². The molecule has 1 aliphatic heterocycles. The molecular formula is C20H27N3O2. The van der Waals surface area contributed by atoms with Gasteiger partial charge in [-0.05, 0) is 44.9 Å². The molecule has 1 aromatic heterocycles. The molecule has 0 unspecified atom stereocenters. The fourth-order valence-electron chi connectivity index (χ4n) is 3.68. The molecule has 1 aromatic carbocycles. The van der Waals surface area contributed by atoms with Crippen LogP contribution in [0.2, 0.25) is 0 Å². The monoisotopic (exact) mass is 341 g/mol. The zero-order valence-corrected chi connectivity index (χ0v) is 15.1. The number of nitrogens with one attached hydrogen (secondary N) is 1. The topological polar surface area (TPSA) is 65.5 Å². The molecule has 134 valence electrons. The van der Waals surface area contributed by atoms with Crippen molar-refractivity contribution in [1.29, 1.82) is 0 Å². The van der Waals surface area contributed by atoms with E-state index in [1.54, 1.807) is 0 Å². The molecule has 0 radical (unpaired) electrons. The second kappa shape index (κ2) is 7.93. The van der Waals surface area contributed by atoms with E-state index >= 15 is 0 Å². The van der Waals surface area contributed by atoms with Crippen LogP contribution in [0.3, 0.4) is 0 Å². The maximum atomic E-state index is 12.7. The van der Waals surface area contributed by atoms with Crippen LogP contribution < -0.4 is 5.32 Å². The van der Waals surface area contributed by atoms with E-state index in [2.05, 4.69) is 15.2 Å². The van der Waals surface area contributed by atoms with E-state index in [-0.39, 0.29) is 18.6 Å². The third kappa shape index (κ3) is 3.99. The summed E-state index contributed by atoms with van der Waals surface area (Å²) in [4.78, 5) is 19.6. The second-order valence-corrected chi connectivity index (χ2v) is 6.91. The Morgan fingerprint density at radius 3 is 3.00 bits per heavy atom. The van der Waals surface area contributed by atoms with Crippen molar-refractivity contribution < 1.29 is 9.90 Å². The fraction of sp³-hybridized carbons (Fsp3) is 0.500. The van der Waals surface area contributed by atoms with Gasteiger partial charge in [0.25, 0.3) is 5.91 Å². The standard InChI is InChI=1S/C20H27N3O2/c1-14-6-5-8-17-18(12-15(2)22-19(14)17)20(25)21-9-11-23-10-4-3-7-16(23)13-24/h5-6,8,12,16,24H,3-4,7,9-11,13H2,1-2H3,(H,21,25)/t16-/m0/s1. The van der Waals surface area contributed by atoms with E-state index < -0.39 is 0 Å². The molecule has 0 saturated carbocycles. The lowest BCUT2D eigenvalue weighted by Crippen LogP contribution is -2.45. The number of carbonyl (C=O) groups excluding carboxylic acids is 1. The zero-order chi connectivity index (χ0) is 17.8. The molecule has 2 heterocycles. The predicted molar refractivity (Wildman–Crippen MR) is 99.8 cm³/mol. The summed E-state index contributed by atoms with van der Waals surface area (Å²) in [6, 6.07) is 8.02. The number of carbonyl (C=O) groups is 1. The number of nitrogens with zero attached hydrogens (tertiary/aromatic N) is 2. The average Bonchev–Trinajstić information content (AvgIpc) is 2.62. The summed E-state index contributed by atoms with van der Waals surface area (Å²) in [5.41, 5.74) is 3.50. The van der Waals surface area contributed by atoms with Gasteiger partial charge in [0, 0.05) is 30.2 Å². The van der Waals surface area contributed by atoms with Gasteiger partial charge in [-0.1, -0.05) is 24.6 Å². The highest BCUT2D eigenvalue weighted by molar-refractivity contribution is 6.06. The third-order valence-corrected chi connectivity index (χ3v) is 5.06. The number of amides is 1. The summed E-state index contributed by atoms with van der Waals surface area (Å²) >= 11 is 0. The van der Waals surface area contributed by atoms with Crippen molar-refractivity contribution in [2.45, 2.75) is 39.2 Å². The number of piperidine rings is 1. The number of aliphatic hydroxyl groups is 1. The van der Waals surface area contributed by atoms with E-state index in [1.807, 2.05) is 38.1 Å². The first-order chi connectivity index (χ1) is 12.1. The lowest BCUT2D eigenvalue weighted by Gasteiger charge is -2.34. The SMILES string of the molecule is Cc1cc(C(=O)NCCN2CCCC[C@H]2CO)c2cccc(C)c2n1. The largest absolute Gasteiger partial charge is 0.395 e. The van der Waals surface area contributed by atoms with Crippen LogP contribution in [0, 0.1) is 13.8 Å². The number of likely N-dealkylation sites (tertiary alicyclic amines) is 1. The molecule has 1 atom stereocenters. The van der Waals surface area contributed by atoms with Gasteiger partial charge in [0.15, 0.2) is 0 Å². The number of benzene rings is 1. The summed E-state index contributed by atoms with van der Waals surface area (Å²) in [7, 11) is 0. The van der Waals surface area contributed by atoms with E-state index in [0.717, 1.165) is 48.1 Å². The number of aryl methyl sites for hydroxylation is 2. The first-order valence-corrected chi connectivity index (χ1v) is 9.10. The van der Waals surface area contributed by atoms with E-state index in [9.17, 15) is 9.90 Å². The van der Waals surface area contributed by atoms with Crippen LogP contribution in [0.5, 0.6) is 0 Å². The Balaban J connectivity index is 1.69. The fourth-order valence-corrected chi connectivity index (χ4v) is 3.68. The summed E-state index contributed by atoms with van der Waals surface area (Å²) < 4.78 is 0. The van der Waals surface area contributed by atoms with Gasteiger partial charge < -0.3 is 10.4 Å². The maximum Gasteiger partial charge on any atom is 0.252 e. The molecule has 1 amide bonds. The molecule has 1 fully saturated rings. The van der Waals surface area contributed by atoms with Gasteiger partial charge in [-0.3, -0.25) is 14.7 Å². The minimum atomic E-state index is -0.0568. The van der Waals surface area contributed by atoms with Gasteiger partial charge in [-0.25, -0.2) is 0 Å². The summed E-state index contributed by atoms with van der Waals surface area (Å²) in [5, 5.41) is 13.4. The molecule has 5 nitrogen and oxygen atoms in total. The molecule has 2 aromatic rings. The smallest absolute Gasteiger partial charge is 0.252 e. The quantitative estimate of drug-likeness (QED) is 0.877. The minimum Gasteiger partial charge on any atom is -0.395 e. The number of fused-ring (bicyclic) bond motifs is 1. The van der Waals surface area contributed by atoms with Crippen molar-refractivity contribution in [3.63, 3.8) is 0 Å². The molecule has 0 aliphatic carbocycles. The Hall–Kier alpha value is -1.98. The predicted octanol–water partition coefficient (Wildman–Crippen LogP) is 2.43. The highest BCUT2D eigenvalue weighted by Gasteiger charge is 2.21. The van der Waals surface area contributed by atoms with Crippen molar-refractivity contribution in [3.05, 3.63) is 41.1 Å². The Morgan fingerprint density at radius 1 is 1.36 bits per heavy atom. The van der Waals surface area contributed by atoms with Crippen molar-refractivity contribution in [2.24, 2.45) is 0 Å². The maximum absolute atomic E-state index is 12.7. The van der Waals surface area contributed by atoms with Gasteiger partial charge >= 0.3 is 0 Å². The number of aliphatic hydroxyl groups excluding tert-OH is 1. The Bertz CT molecular complexity index is 760. The Kier molecular flexibility index (Phi) is 5.66. The molecule has 0 bridgehead atoms. The third-order valence-electron chi connectivity index (χ3n) is 5.06. The summed E-state index contributed by atoms with van der Waals surface area (Å²) in [6.07, 6.45) is 3.38. The molecule has 25 heavy (non-hydrogen) atoms. The van der Waals surface area contributed by atoms with Crippen molar-refractivity contribution >= 4 is 16.8 Å².